The Kier molecular flexibility index (Phi) is 6.04. The van der Waals surface area contributed by atoms with Gasteiger partial charge in [-0.3, -0.25) is 4.79 Å². The first-order valence-electron chi connectivity index (χ1n) is 8.07. The van der Waals surface area contributed by atoms with Crippen molar-refractivity contribution in [3.05, 3.63) is 35.4 Å². The molecule has 6 heteroatoms. The van der Waals surface area contributed by atoms with Gasteiger partial charge in [0.05, 0.1) is 6.42 Å². The van der Waals surface area contributed by atoms with Gasteiger partial charge in [0.15, 0.2) is 0 Å². The summed E-state index contributed by atoms with van der Waals surface area (Å²) in [5, 5.41) is 0. The average Bonchev–Trinajstić information content (AvgIpc) is 2.55. The molecule has 0 heterocycles. The second-order valence-corrected chi connectivity index (χ2v) is 6.06. The first-order chi connectivity index (χ1) is 10.9. The molecular formula is C17H23F3N2O. The van der Waals surface area contributed by atoms with Crippen LogP contribution in [0.5, 0.6) is 0 Å². The summed E-state index contributed by atoms with van der Waals surface area (Å²) in [5.41, 5.74) is 6.84. The first kappa shape index (κ1) is 17.8. The zero-order valence-electron chi connectivity index (χ0n) is 13.1. The van der Waals surface area contributed by atoms with Crippen molar-refractivity contribution in [2.45, 2.75) is 57.3 Å². The molecule has 1 aromatic rings. The Morgan fingerprint density at radius 2 is 1.74 bits per heavy atom. The van der Waals surface area contributed by atoms with Crippen LogP contribution < -0.4 is 5.73 Å². The van der Waals surface area contributed by atoms with Gasteiger partial charge in [-0.15, -0.1) is 0 Å². The molecule has 1 aliphatic rings. The highest BCUT2D eigenvalue weighted by Crippen LogP contribution is 2.27. The van der Waals surface area contributed by atoms with Crippen LogP contribution in [0.1, 0.15) is 54.4 Å². The van der Waals surface area contributed by atoms with E-state index >= 15 is 0 Å². The third kappa shape index (κ3) is 5.23. The summed E-state index contributed by atoms with van der Waals surface area (Å²) < 4.78 is 37.8. The Labute approximate surface area is 134 Å². The molecule has 0 saturated heterocycles. The summed E-state index contributed by atoms with van der Waals surface area (Å²) in [7, 11) is 0. The molecule has 0 unspecified atom stereocenters. The fourth-order valence-electron chi connectivity index (χ4n) is 3.04. The Hall–Kier alpha value is -1.56. The lowest BCUT2D eigenvalue weighted by Gasteiger charge is -2.34. The third-order valence-corrected chi connectivity index (χ3v) is 4.35. The van der Waals surface area contributed by atoms with Gasteiger partial charge < -0.3 is 10.6 Å². The minimum atomic E-state index is -4.25. The van der Waals surface area contributed by atoms with Crippen LogP contribution in [0, 0.1) is 0 Å². The van der Waals surface area contributed by atoms with Crippen molar-refractivity contribution in [2.24, 2.45) is 5.73 Å². The monoisotopic (exact) mass is 328 g/mol. The number of hydrogen-bond donors (Lipinski definition) is 1. The second-order valence-electron chi connectivity index (χ2n) is 6.06. The molecule has 0 atom stereocenters. The Bertz CT molecular complexity index is 508. The maximum absolute atomic E-state index is 12.7. The highest BCUT2D eigenvalue weighted by molar-refractivity contribution is 5.94. The van der Waals surface area contributed by atoms with Gasteiger partial charge in [-0.25, -0.2) is 0 Å². The number of alkyl halides is 3. The van der Waals surface area contributed by atoms with Gasteiger partial charge in [-0.2, -0.15) is 13.2 Å². The summed E-state index contributed by atoms with van der Waals surface area (Å²) in [6, 6.07) is 6.70. The molecular weight excluding hydrogens is 305 g/mol. The van der Waals surface area contributed by atoms with Gasteiger partial charge in [0.25, 0.3) is 5.91 Å². The quantitative estimate of drug-likeness (QED) is 0.892. The first-order valence-corrected chi connectivity index (χ1v) is 8.07. The van der Waals surface area contributed by atoms with Gasteiger partial charge in [0, 0.05) is 24.7 Å². The van der Waals surface area contributed by atoms with Crippen molar-refractivity contribution in [1.29, 1.82) is 0 Å². The van der Waals surface area contributed by atoms with E-state index in [2.05, 4.69) is 0 Å². The topological polar surface area (TPSA) is 46.3 Å². The number of benzene rings is 1. The molecule has 1 amide bonds. The van der Waals surface area contributed by atoms with Crippen molar-refractivity contribution in [3.63, 3.8) is 0 Å². The number of halogens is 3. The van der Waals surface area contributed by atoms with E-state index in [1.165, 1.54) is 4.90 Å². The zero-order chi connectivity index (χ0) is 16.9. The number of hydrogen-bond acceptors (Lipinski definition) is 2. The van der Waals surface area contributed by atoms with E-state index in [1.54, 1.807) is 24.3 Å². The lowest BCUT2D eigenvalue weighted by Crippen LogP contribution is -2.43. The van der Waals surface area contributed by atoms with Crippen LogP contribution in [0.15, 0.2) is 24.3 Å². The van der Waals surface area contributed by atoms with E-state index < -0.39 is 12.6 Å². The molecule has 3 nitrogen and oxygen atoms in total. The number of nitrogens with zero attached hydrogens (tertiary/aromatic N) is 1. The van der Waals surface area contributed by atoms with E-state index in [4.69, 9.17) is 5.73 Å². The smallest absolute Gasteiger partial charge is 0.335 e. The summed E-state index contributed by atoms with van der Waals surface area (Å²) >= 11 is 0. The van der Waals surface area contributed by atoms with Gasteiger partial charge in [-0.05, 0) is 30.5 Å². The summed E-state index contributed by atoms with van der Waals surface area (Å²) in [4.78, 5) is 14.1. The molecule has 0 radical (unpaired) electrons. The van der Waals surface area contributed by atoms with Crippen LogP contribution in [0.25, 0.3) is 0 Å². The molecule has 128 valence electrons. The molecule has 0 spiro atoms. The maximum Gasteiger partial charge on any atom is 0.390 e. The van der Waals surface area contributed by atoms with E-state index in [0.29, 0.717) is 12.1 Å². The lowest BCUT2D eigenvalue weighted by molar-refractivity contribution is -0.137. The van der Waals surface area contributed by atoms with E-state index in [9.17, 15) is 18.0 Å². The predicted molar refractivity (Wildman–Crippen MR) is 82.9 cm³/mol. The van der Waals surface area contributed by atoms with Crippen molar-refractivity contribution < 1.29 is 18.0 Å². The Balaban J connectivity index is 2.14. The van der Waals surface area contributed by atoms with Crippen LogP contribution in [0.2, 0.25) is 0 Å². The zero-order valence-corrected chi connectivity index (χ0v) is 13.1. The second kappa shape index (κ2) is 7.81. The molecule has 0 aliphatic heterocycles. The number of amides is 1. The number of carbonyl (C=O) groups is 1. The Morgan fingerprint density at radius 3 is 2.26 bits per heavy atom. The minimum Gasteiger partial charge on any atom is -0.335 e. The van der Waals surface area contributed by atoms with Crippen LogP contribution in [-0.2, 0) is 6.54 Å². The van der Waals surface area contributed by atoms with Crippen molar-refractivity contribution in [3.8, 4) is 0 Å². The van der Waals surface area contributed by atoms with Crippen molar-refractivity contribution >= 4 is 5.91 Å². The standard InChI is InChI=1S/C17H23F3N2O/c18-17(19,20)10-11-22(15-4-2-1-3-5-15)16(23)14-8-6-13(12-21)7-9-14/h6-9,15H,1-5,10-12,21H2. The largest absolute Gasteiger partial charge is 0.390 e. The molecule has 1 aliphatic carbocycles. The molecule has 2 rings (SSSR count). The predicted octanol–water partition coefficient (Wildman–Crippen LogP) is 3.87. The molecule has 1 fully saturated rings. The molecule has 23 heavy (non-hydrogen) atoms. The van der Waals surface area contributed by atoms with Crippen molar-refractivity contribution in [2.75, 3.05) is 6.54 Å². The number of nitrogens with two attached hydrogens (primary N) is 1. The lowest BCUT2D eigenvalue weighted by atomic mass is 9.93. The summed E-state index contributed by atoms with van der Waals surface area (Å²) in [6.07, 6.45) is -0.635. The van der Waals surface area contributed by atoms with Gasteiger partial charge in [0.2, 0.25) is 0 Å². The molecule has 2 N–H and O–H groups in total. The van der Waals surface area contributed by atoms with E-state index in [1.807, 2.05) is 0 Å². The van der Waals surface area contributed by atoms with Crippen LogP contribution in [0.4, 0.5) is 13.2 Å². The fourth-order valence-corrected chi connectivity index (χ4v) is 3.04. The van der Waals surface area contributed by atoms with Crippen LogP contribution in [0.3, 0.4) is 0 Å². The number of carbonyl (C=O) groups excluding carboxylic acids is 1. The molecule has 0 aromatic heterocycles. The highest BCUT2D eigenvalue weighted by atomic mass is 19.4. The van der Waals surface area contributed by atoms with E-state index in [-0.39, 0.29) is 18.5 Å². The summed E-state index contributed by atoms with van der Waals surface area (Å²) in [5.74, 6) is -0.315. The third-order valence-electron chi connectivity index (χ3n) is 4.35. The van der Waals surface area contributed by atoms with Crippen molar-refractivity contribution in [1.82, 2.24) is 4.90 Å². The SMILES string of the molecule is NCc1ccc(C(=O)N(CCC(F)(F)F)C2CCCCC2)cc1. The van der Waals surface area contributed by atoms with Gasteiger partial charge >= 0.3 is 6.18 Å². The van der Waals surface area contributed by atoms with Crippen LogP contribution in [-0.4, -0.2) is 29.6 Å². The van der Waals surface area contributed by atoms with Gasteiger partial charge in [0.1, 0.15) is 0 Å². The van der Waals surface area contributed by atoms with Crippen LogP contribution >= 0.6 is 0 Å². The average molecular weight is 328 g/mol. The normalized spacial score (nSPS) is 16.3. The van der Waals surface area contributed by atoms with Gasteiger partial charge in [-0.1, -0.05) is 31.4 Å². The molecule has 1 aromatic carbocycles. The highest BCUT2D eigenvalue weighted by Gasteiger charge is 2.32. The fraction of sp³-hybridized carbons (Fsp3) is 0.588. The summed E-state index contributed by atoms with van der Waals surface area (Å²) in [6.45, 7) is 0.0977. The Morgan fingerprint density at radius 1 is 1.13 bits per heavy atom. The molecule has 1 saturated carbocycles. The molecule has 0 bridgehead atoms. The maximum atomic E-state index is 12.7. The van der Waals surface area contributed by atoms with E-state index in [0.717, 1.165) is 37.7 Å². The minimum absolute atomic E-state index is 0.0900. The number of rotatable bonds is 5.